The average molecular weight is 463 g/mol. The summed E-state index contributed by atoms with van der Waals surface area (Å²) in [5, 5.41) is 3.81. The number of methoxy groups -OCH3 is 1. The number of piperazine rings is 1. The van der Waals surface area contributed by atoms with E-state index in [0.717, 1.165) is 27.2 Å². The molecule has 31 heavy (non-hydrogen) atoms. The average Bonchev–Trinajstić information content (AvgIpc) is 3.16. The van der Waals surface area contributed by atoms with E-state index in [9.17, 15) is 13.2 Å². The third kappa shape index (κ3) is 3.78. The summed E-state index contributed by atoms with van der Waals surface area (Å²) in [4.78, 5) is 18.9. The van der Waals surface area contributed by atoms with Gasteiger partial charge < -0.3 is 14.6 Å². The van der Waals surface area contributed by atoms with E-state index in [1.807, 2.05) is 23.2 Å². The van der Waals surface area contributed by atoms with Crippen LogP contribution in [0.4, 0.5) is 0 Å². The lowest BCUT2D eigenvalue weighted by Gasteiger charge is -2.43. The van der Waals surface area contributed by atoms with Crippen LogP contribution in [-0.4, -0.2) is 60.7 Å². The van der Waals surface area contributed by atoms with Gasteiger partial charge in [0.15, 0.2) is 9.84 Å². The van der Waals surface area contributed by atoms with E-state index in [1.165, 1.54) is 17.6 Å². The van der Waals surface area contributed by atoms with Gasteiger partial charge in [-0.15, -0.1) is 11.3 Å². The largest absolute Gasteiger partial charge is 0.494 e. The summed E-state index contributed by atoms with van der Waals surface area (Å²) in [6, 6.07) is 3.76. The fraction of sp³-hybridized carbons (Fsp3) is 0.429. The van der Waals surface area contributed by atoms with Crippen LogP contribution in [0.2, 0.25) is 0 Å². The molecule has 1 N–H and O–H groups in total. The Morgan fingerprint density at radius 3 is 2.84 bits per heavy atom. The normalized spacial score (nSPS) is 20.3. The third-order valence-corrected chi connectivity index (χ3v) is 9.17. The van der Waals surface area contributed by atoms with Gasteiger partial charge >= 0.3 is 0 Å². The predicted molar refractivity (Wildman–Crippen MR) is 123 cm³/mol. The highest BCUT2D eigenvalue weighted by atomic mass is 32.2. The number of nitrogens with zero attached hydrogens (tertiary/aromatic N) is 3. The molecule has 0 unspecified atom stereocenters. The topological polar surface area (TPSA) is 93.5 Å². The Hall–Kier alpha value is -2.27. The molecule has 0 aliphatic carbocycles. The van der Waals surface area contributed by atoms with Crippen LogP contribution in [0.25, 0.3) is 21.2 Å². The SMILES string of the molecule is COc1cnccc1-c1cn(C)c(=O)c2cc(CN3CCNC[C@@]3(C)S(C)(=O)=O)sc12. The Kier molecular flexibility index (Phi) is 5.67. The zero-order valence-corrected chi connectivity index (χ0v) is 19.6. The molecule has 1 fully saturated rings. The molecule has 3 aromatic rings. The van der Waals surface area contributed by atoms with Crippen LogP contribution >= 0.6 is 11.3 Å². The van der Waals surface area contributed by atoms with Crippen LogP contribution in [-0.2, 0) is 23.4 Å². The van der Waals surface area contributed by atoms with E-state index in [2.05, 4.69) is 10.3 Å². The Morgan fingerprint density at radius 2 is 2.13 bits per heavy atom. The standard InChI is InChI=1S/C21H26N4O4S2/c1-21(31(4,27)28)13-23-7-8-25(21)11-14-9-16-19(30-14)17(12-24(2)20(16)26)15-5-6-22-10-18(15)29-3/h5-6,9-10,12,23H,7-8,11,13H2,1-4H3/t21-/m1/s1. The second-order valence-corrected chi connectivity index (χ2v) is 11.6. The van der Waals surface area contributed by atoms with Crippen molar-refractivity contribution in [1.82, 2.24) is 19.8 Å². The molecule has 1 saturated heterocycles. The molecule has 166 valence electrons. The number of sulfone groups is 1. The Labute approximate surface area is 185 Å². The molecular formula is C21H26N4O4S2. The molecule has 0 aromatic carbocycles. The van der Waals surface area contributed by atoms with Gasteiger partial charge in [-0.2, -0.15) is 0 Å². The smallest absolute Gasteiger partial charge is 0.259 e. The molecule has 10 heteroatoms. The molecule has 4 heterocycles. The molecule has 0 saturated carbocycles. The van der Waals surface area contributed by atoms with Crippen LogP contribution in [0.15, 0.2) is 35.5 Å². The first-order chi connectivity index (χ1) is 14.7. The van der Waals surface area contributed by atoms with Crippen LogP contribution in [0.3, 0.4) is 0 Å². The highest BCUT2D eigenvalue weighted by molar-refractivity contribution is 7.92. The Morgan fingerprint density at radius 1 is 1.35 bits per heavy atom. The van der Waals surface area contributed by atoms with Gasteiger partial charge in [0, 0.05) is 72.6 Å². The van der Waals surface area contributed by atoms with Gasteiger partial charge in [-0.1, -0.05) is 0 Å². The molecule has 0 spiro atoms. The quantitative estimate of drug-likeness (QED) is 0.618. The lowest BCUT2D eigenvalue weighted by molar-refractivity contribution is 0.132. The molecule has 1 atom stereocenters. The van der Waals surface area contributed by atoms with Crippen molar-refractivity contribution in [3.8, 4) is 16.9 Å². The van der Waals surface area contributed by atoms with Gasteiger partial charge in [-0.05, 0) is 19.1 Å². The van der Waals surface area contributed by atoms with Crippen molar-refractivity contribution in [1.29, 1.82) is 0 Å². The molecular weight excluding hydrogens is 436 g/mol. The number of aryl methyl sites for hydroxylation is 1. The summed E-state index contributed by atoms with van der Waals surface area (Å²) in [7, 11) is 0.00161. The minimum absolute atomic E-state index is 0.0829. The summed E-state index contributed by atoms with van der Waals surface area (Å²) in [5.74, 6) is 0.629. The van der Waals surface area contributed by atoms with Gasteiger partial charge in [0.25, 0.3) is 5.56 Å². The van der Waals surface area contributed by atoms with E-state index in [4.69, 9.17) is 4.74 Å². The number of pyridine rings is 2. The third-order valence-electron chi connectivity index (χ3n) is 6.02. The number of nitrogens with one attached hydrogen (secondary N) is 1. The van der Waals surface area contributed by atoms with Crippen molar-refractivity contribution >= 4 is 31.3 Å². The minimum atomic E-state index is -3.32. The van der Waals surface area contributed by atoms with Gasteiger partial charge in [-0.25, -0.2) is 8.42 Å². The highest BCUT2D eigenvalue weighted by Crippen LogP contribution is 2.38. The number of hydrogen-bond acceptors (Lipinski definition) is 8. The summed E-state index contributed by atoms with van der Waals surface area (Å²) >= 11 is 1.52. The van der Waals surface area contributed by atoms with Crippen LogP contribution in [0, 0.1) is 0 Å². The number of thiophene rings is 1. The fourth-order valence-corrected chi connectivity index (χ4v) is 6.20. The fourth-order valence-electron chi connectivity index (χ4n) is 4.02. The van der Waals surface area contributed by atoms with E-state index in [1.54, 1.807) is 38.0 Å². The monoisotopic (exact) mass is 462 g/mol. The molecule has 0 radical (unpaired) electrons. The first-order valence-electron chi connectivity index (χ1n) is 9.91. The summed E-state index contributed by atoms with van der Waals surface area (Å²) in [6.45, 7) is 3.92. The second kappa shape index (κ2) is 8.01. The summed E-state index contributed by atoms with van der Waals surface area (Å²) in [6.07, 6.45) is 6.44. The van der Waals surface area contributed by atoms with Crippen molar-refractivity contribution in [2.75, 3.05) is 33.0 Å². The maximum Gasteiger partial charge on any atom is 0.259 e. The lowest BCUT2D eigenvalue weighted by atomic mass is 10.1. The van der Waals surface area contributed by atoms with Crippen molar-refractivity contribution in [3.63, 3.8) is 0 Å². The summed E-state index contributed by atoms with van der Waals surface area (Å²) in [5.41, 5.74) is 1.66. The Bertz CT molecular complexity index is 1300. The van der Waals surface area contributed by atoms with Gasteiger partial charge in [0.2, 0.25) is 0 Å². The predicted octanol–water partition coefficient (Wildman–Crippen LogP) is 1.84. The van der Waals surface area contributed by atoms with E-state index < -0.39 is 14.7 Å². The molecule has 1 aliphatic rings. The van der Waals surface area contributed by atoms with Crippen molar-refractivity contribution < 1.29 is 13.2 Å². The lowest BCUT2D eigenvalue weighted by Crippen LogP contribution is -2.62. The van der Waals surface area contributed by atoms with Crippen LogP contribution < -0.4 is 15.6 Å². The molecule has 4 rings (SSSR count). The highest BCUT2D eigenvalue weighted by Gasteiger charge is 2.43. The number of ether oxygens (including phenoxy) is 1. The van der Waals surface area contributed by atoms with Gasteiger partial charge in [-0.3, -0.25) is 14.7 Å². The van der Waals surface area contributed by atoms with Gasteiger partial charge in [0.1, 0.15) is 10.6 Å². The zero-order chi connectivity index (χ0) is 22.4. The van der Waals surface area contributed by atoms with Crippen LogP contribution in [0.5, 0.6) is 5.75 Å². The number of hydrogen-bond donors (Lipinski definition) is 1. The first kappa shape index (κ1) is 21.9. The molecule has 3 aromatic heterocycles. The summed E-state index contributed by atoms with van der Waals surface area (Å²) < 4.78 is 33.0. The van der Waals surface area contributed by atoms with Crippen LogP contribution in [0.1, 0.15) is 11.8 Å². The minimum Gasteiger partial charge on any atom is -0.494 e. The Balaban J connectivity index is 1.83. The number of rotatable bonds is 5. The van der Waals surface area contributed by atoms with E-state index in [-0.39, 0.29) is 5.56 Å². The molecule has 8 nitrogen and oxygen atoms in total. The van der Waals surface area contributed by atoms with E-state index >= 15 is 0 Å². The van der Waals surface area contributed by atoms with Gasteiger partial charge in [0.05, 0.1) is 18.7 Å². The van der Waals surface area contributed by atoms with Crippen molar-refractivity contribution in [2.24, 2.45) is 7.05 Å². The van der Waals surface area contributed by atoms with Crippen molar-refractivity contribution in [3.05, 3.63) is 46.0 Å². The maximum atomic E-state index is 12.9. The van der Waals surface area contributed by atoms with E-state index in [0.29, 0.717) is 30.8 Å². The zero-order valence-electron chi connectivity index (χ0n) is 18.0. The maximum absolute atomic E-state index is 12.9. The first-order valence-corrected chi connectivity index (χ1v) is 12.6. The molecule has 0 bridgehead atoms. The molecule has 1 aliphatic heterocycles. The number of fused-ring (bicyclic) bond motifs is 1. The number of aromatic nitrogens is 2. The molecule has 0 amide bonds. The second-order valence-electron chi connectivity index (χ2n) is 8.04. The van der Waals surface area contributed by atoms with Crippen molar-refractivity contribution in [2.45, 2.75) is 18.3 Å².